The van der Waals surface area contributed by atoms with Crippen molar-refractivity contribution in [1.29, 1.82) is 0 Å². The molecule has 1 amide bonds. The predicted octanol–water partition coefficient (Wildman–Crippen LogP) is 4.78. The summed E-state index contributed by atoms with van der Waals surface area (Å²) in [6, 6.07) is 25.9. The zero-order chi connectivity index (χ0) is 24.7. The van der Waals surface area contributed by atoms with E-state index in [4.69, 9.17) is 9.84 Å². The van der Waals surface area contributed by atoms with Crippen LogP contribution in [0.1, 0.15) is 27.0 Å². The van der Waals surface area contributed by atoms with Crippen LogP contribution in [-0.4, -0.2) is 32.3 Å². The number of hydrogen-bond acceptors (Lipinski definition) is 4. The number of carbonyl (C=O) groups is 1. The molecule has 0 radical (unpaired) electrons. The Balaban J connectivity index is 1.34. The lowest BCUT2D eigenvalue weighted by molar-refractivity contribution is 0.0951. The highest BCUT2D eigenvalue weighted by molar-refractivity contribution is 5.99. The van der Waals surface area contributed by atoms with Crippen LogP contribution >= 0.6 is 0 Å². The Labute approximate surface area is 210 Å². The standard InChI is InChI=1S/C29H27N5O2/c1-36-26-9-5-8-25(16-26)28-27(20-34(32-28)19-23-6-3-2-4-7-23)29(35)31-17-22-10-12-24(13-11-22)18-33-15-14-30-21-33/h2-16,20-21H,17-19H2,1H3,(H,31,35). The van der Waals surface area contributed by atoms with E-state index in [9.17, 15) is 4.79 Å². The minimum atomic E-state index is -0.172. The van der Waals surface area contributed by atoms with Gasteiger partial charge in [0.15, 0.2) is 0 Å². The largest absolute Gasteiger partial charge is 0.497 e. The predicted molar refractivity (Wildman–Crippen MR) is 139 cm³/mol. The molecule has 2 aromatic heterocycles. The first-order chi connectivity index (χ1) is 17.7. The lowest BCUT2D eigenvalue weighted by atomic mass is 10.1. The molecule has 0 unspecified atom stereocenters. The molecule has 2 heterocycles. The number of rotatable bonds is 9. The molecule has 36 heavy (non-hydrogen) atoms. The van der Waals surface area contributed by atoms with Crippen LogP contribution in [0.4, 0.5) is 0 Å². The number of nitrogens with zero attached hydrogens (tertiary/aromatic N) is 4. The average Bonchev–Trinajstić information content (AvgIpc) is 3.59. The molecule has 0 aliphatic heterocycles. The van der Waals surface area contributed by atoms with Crippen molar-refractivity contribution >= 4 is 5.91 Å². The molecule has 0 saturated heterocycles. The lowest BCUT2D eigenvalue weighted by Gasteiger charge is -2.08. The first kappa shape index (κ1) is 23.1. The summed E-state index contributed by atoms with van der Waals surface area (Å²) in [5.41, 5.74) is 5.28. The summed E-state index contributed by atoms with van der Waals surface area (Å²) in [5.74, 6) is 0.543. The van der Waals surface area contributed by atoms with Gasteiger partial charge < -0.3 is 14.6 Å². The van der Waals surface area contributed by atoms with Crippen molar-refractivity contribution in [3.63, 3.8) is 0 Å². The van der Waals surface area contributed by atoms with Gasteiger partial charge in [0.2, 0.25) is 0 Å². The fourth-order valence-corrected chi connectivity index (χ4v) is 4.05. The van der Waals surface area contributed by atoms with E-state index in [0.29, 0.717) is 30.1 Å². The molecule has 0 bridgehead atoms. The van der Waals surface area contributed by atoms with Crippen LogP contribution in [0.5, 0.6) is 5.75 Å². The molecule has 0 spiro atoms. The minimum absolute atomic E-state index is 0.172. The Hall–Kier alpha value is -4.65. The van der Waals surface area contributed by atoms with Gasteiger partial charge in [-0.3, -0.25) is 9.48 Å². The summed E-state index contributed by atoms with van der Waals surface area (Å²) >= 11 is 0. The molecule has 0 aliphatic rings. The number of ether oxygens (including phenoxy) is 1. The second-order valence-corrected chi connectivity index (χ2v) is 8.54. The minimum Gasteiger partial charge on any atom is -0.497 e. The van der Waals surface area contributed by atoms with Gasteiger partial charge in [-0.15, -0.1) is 0 Å². The zero-order valence-corrected chi connectivity index (χ0v) is 20.0. The SMILES string of the molecule is COc1cccc(-c2nn(Cc3ccccc3)cc2C(=O)NCc2ccc(Cn3ccnc3)cc2)c1. The van der Waals surface area contributed by atoms with Crippen LogP contribution in [0.15, 0.2) is 104 Å². The van der Waals surface area contributed by atoms with Gasteiger partial charge in [-0.2, -0.15) is 5.10 Å². The van der Waals surface area contributed by atoms with Crippen molar-refractivity contribution in [2.24, 2.45) is 0 Å². The third kappa shape index (κ3) is 5.52. The Morgan fingerprint density at radius 1 is 0.917 bits per heavy atom. The molecule has 0 saturated carbocycles. The van der Waals surface area contributed by atoms with E-state index >= 15 is 0 Å². The van der Waals surface area contributed by atoms with E-state index in [-0.39, 0.29) is 5.91 Å². The first-order valence-corrected chi connectivity index (χ1v) is 11.8. The molecule has 5 aromatic rings. The second kappa shape index (κ2) is 10.7. The molecule has 3 aromatic carbocycles. The molecule has 0 fully saturated rings. The van der Waals surface area contributed by atoms with Crippen molar-refractivity contribution < 1.29 is 9.53 Å². The maximum Gasteiger partial charge on any atom is 0.255 e. The average molecular weight is 478 g/mol. The third-order valence-electron chi connectivity index (χ3n) is 5.94. The Kier molecular flexibility index (Phi) is 6.89. The highest BCUT2D eigenvalue weighted by Crippen LogP contribution is 2.26. The highest BCUT2D eigenvalue weighted by Gasteiger charge is 2.18. The van der Waals surface area contributed by atoms with Crippen molar-refractivity contribution in [1.82, 2.24) is 24.6 Å². The number of amides is 1. The van der Waals surface area contributed by atoms with E-state index in [1.54, 1.807) is 19.6 Å². The number of hydrogen-bond donors (Lipinski definition) is 1. The van der Waals surface area contributed by atoms with E-state index < -0.39 is 0 Å². The number of carbonyl (C=O) groups excluding carboxylic acids is 1. The fraction of sp³-hybridized carbons (Fsp3) is 0.138. The van der Waals surface area contributed by atoms with Crippen LogP contribution < -0.4 is 10.1 Å². The normalized spacial score (nSPS) is 10.8. The zero-order valence-electron chi connectivity index (χ0n) is 20.0. The van der Waals surface area contributed by atoms with Gasteiger partial charge in [-0.25, -0.2) is 4.98 Å². The molecular formula is C29H27N5O2. The van der Waals surface area contributed by atoms with Crippen LogP contribution in [0.25, 0.3) is 11.3 Å². The number of aromatic nitrogens is 4. The first-order valence-electron chi connectivity index (χ1n) is 11.8. The monoisotopic (exact) mass is 477 g/mol. The summed E-state index contributed by atoms with van der Waals surface area (Å²) in [7, 11) is 1.63. The molecule has 0 aliphatic carbocycles. The van der Waals surface area contributed by atoms with Gasteiger partial charge in [0, 0.05) is 37.2 Å². The van der Waals surface area contributed by atoms with Gasteiger partial charge in [0.05, 0.1) is 25.5 Å². The highest BCUT2D eigenvalue weighted by atomic mass is 16.5. The van der Waals surface area contributed by atoms with Crippen molar-refractivity contribution in [2.75, 3.05) is 7.11 Å². The maximum absolute atomic E-state index is 13.3. The van der Waals surface area contributed by atoms with Crippen molar-refractivity contribution in [3.8, 4) is 17.0 Å². The Morgan fingerprint density at radius 3 is 2.44 bits per heavy atom. The number of methoxy groups -OCH3 is 1. The topological polar surface area (TPSA) is 74.0 Å². The summed E-state index contributed by atoms with van der Waals surface area (Å²) in [6.45, 7) is 1.76. The summed E-state index contributed by atoms with van der Waals surface area (Å²) in [5, 5.41) is 7.82. The van der Waals surface area contributed by atoms with E-state index in [0.717, 1.165) is 23.2 Å². The maximum atomic E-state index is 13.3. The van der Waals surface area contributed by atoms with Crippen LogP contribution in [0.3, 0.4) is 0 Å². The Morgan fingerprint density at radius 2 is 1.69 bits per heavy atom. The molecule has 1 N–H and O–H groups in total. The molecule has 0 atom stereocenters. The molecule has 5 rings (SSSR count). The van der Waals surface area contributed by atoms with Gasteiger partial charge in [-0.1, -0.05) is 66.7 Å². The summed E-state index contributed by atoms with van der Waals surface area (Å²) in [4.78, 5) is 17.4. The molecular weight excluding hydrogens is 450 g/mol. The molecule has 7 nitrogen and oxygen atoms in total. The van der Waals surface area contributed by atoms with Gasteiger partial charge in [-0.05, 0) is 28.8 Å². The molecule has 180 valence electrons. The van der Waals surface area contributed by atoms with Gasteiger partial charge in [0.1, 0.15) is 11.4 Å². The van der Waals surface area contributed by atoms with E-state index in [1.165, 1.54) is 5.56 Å². The van der Waals surface area contributed by atoms with Crippen LogP contribution in [0.2, 0.25) is 0 Å². The third-order valence-corrected chi connectivity index (χ3v) is 5.94. The smallest absolute Gasteiger partial charge is 0.255 e. The van der Waals surface area contributed by atoms with Crippen LogP contribution in [0, 0.1) is 0 Å². The van der Waals surface area contributed by atoms with E-state index in [2.05, 4.69) is 22.4 Å². The fourth-order valence-electron chi connectivity index (χ4n) is 4.05. The molecule has 7 heteroatoms. The van der Waals surface area contributed by atoms with Crippen molar-refractivity contribution in [3.05, 3.63) is 126 Å². The van der Waals surface area contributed by atoms with Gasteiger partial charge in [0.25, 0.3) is 5.91 Å². The second-order valence-electron chi connectivity index (χ2n) is 8.54. The number of nitrogens with one attached hydrogen (secondary N) is 1. The quantitative estimate of drug-likeness (QED) is 0.332. The summed E-state index contributed by atoms with van der Waals surface area (Å²) in [6.07, 6.45) is 7.31. The van der Waals surface area contributed by atoms with Crippen LogP contribution in [-0.2, 0) is 19.6 Å². The Bertz CT molecular complexity index is 1420. The van der Waals surface area contributed by atoms with E-state index in [1.807, 2.05) is 88.4 Å². The number of benzene rings is 3. The summed E-state index contributed by atoms with van der Waals surface area (Å²) < 4.78 is 9.21. The van der Waals surface area contributed by atoms with Gasteiger partial charge >= 0.3 is 0 Å². The van der Waals surface area contributed by atoms with Crippen molar-refractivity contribution in [2.45, 2.75) is 19.6 Å². The lowest BCUT2D eigenvalue weighted by Crippen LogP contribution is -2.23. The number of imidazole rings is 1.